The van der Waals surface area contributed by atoms with Crippen LogP contribution in [0.3, 0.4) is 0 Å². The molecule has 0 spiro atoms. The average molecular weight is 467 g/mol. The lowest BCUT2D eigenvalue weighted by molar-refractivity contribution is -0.121. The molecule has 1 aliphatic heterocycles. The number of rotatable bonds is 10. The van der Waals surface area contributed by atoms with E-state index in [-0.39, 0.29) is 11.7 Å². The van der Waals surface area contributed by atoms with Crippen molar-refractivity contribution < 1.29 is 18.7 Å². The molecule has 7 nitrogen and oxygen atoms in total. The summed E-state index contributed by atoms with van der Waals surface area (Å²) in [4.78, 5) is 14.7. The first-order chi connectivity index (χ1) is 16.6. The molecule has 34 heavy (non-hydrogen) atoms. The molecule has 0 aliphatic carbocycles. The van der Waals surface area contributed by atoms with Crippen molar-refractivity contribution in [2.75, 3.05) is 46.5 Å². The Hall–Kier alpha value is -3.23. The quantitative estimate of drug-likeness (QED) is 0.464. The Balaban J connectivity index is 1.39. The van der Waals surface area contributed by atoms with Gasteiger partial charge in [-0.1, -0.05) is 12.1 Å². The number of ether oxygens (including phenoxy) is 2. The molecule has 2 aromatic carbocycles. The van der Waals surface area contributed by atoms with Crippen molar-refractivity contribution >= 4 is 5.91 Å². The Morgan fingerprint density at radius 2 is 1.94 bits per heavy atom. The molecule has 0 radical (unpaired) electrons. The normalized spacial score (nSPS) is 14.2. The third-order valence-corrected chi connectivity index (χ3v) is 5.88. The van der Waals surface area contributed by atoms with E-state index in [4.69, 9.17) is 14.6 Å². The maximum absolute atomic E-state index is 13.5. The van der Waals surface area contributed by atoms with Crippen LogP contribution in [0, 0.1) is 5.82 Å². The molecule has 1 N–H and O–H groups in total. The average Bonchev–Trinajstić information content (AvgIpc) is 3.31. The van der Waals surface area contributed by atoms with E-state index in [9.17, 15) is 9.18 Å². The van der Waals surface area contributed by atoms with E-state index in [1.165, 1.54) is 12.1 Å². The van der Waals surface area contributed by atoms with Gasteiger partial charge in [0.05, 0.1) is 37.4 Å². The van der Waals surface area contributed by atoms with Crippen molar-refractivity contribution in [2.24, 2.45) is 0 Å². The molecule has 1 amide bonds. The maximum Gasteiger partial charge on any atom is 0.220 e. The third-order valence-electron chi connectivity index (χ3n) is 5.88. The zero-order chi connectivity index (χ0) is 23.8. The Morgan fingerprint density at radius 1 is 1.15 bits per heavy atom. The summed E-state index contributed by atoms with van der Waals surface area (Å²) in [6.07, 6.45) is 1.79. The predicted octanol–water partition coefficient (Wildman–Crippen LogP) is 3.46. The number of hydrogen-bond donors (Lipinski definition) is 1. The molecule has 2 heterocycles. The molecule has 8 heteroatoms. The zero-order valence-corrected chi connectivity index (χ0v) is 19.5. The Morgan fingerprint density at radius 3 is 2.71 bits per heavy atom. The number of nitrogens with zero attached hydrogens (tertiary/aromatic N) is 3. The van der Waals surface area contributed by atoms with Crippen LogP contribution in [0.4, 0.5) is 4.39 Å². The van der Waals surface area contributed by atoms with E-state index in [1.54, 1.807) is 23.9 Å². The summed E-state index contributed by atoms with van der Waals surface area (Å²) >= 11 is 0. The van der Waals surface area contributed by atoms with Crippen molar-refractivity contribution in [3.05, 3.63) is 66.1 Å². The molecular weight excluding hydrogens is 435 g/mol. The molecule has 4 rings (SSSR count). The number of carbonyl (C=O) groups is 1. The highest BCUT2D eigenvalue weighted by Crippen LogP contribution is 2.27. The molecule has 1 aliphatic rings. The van der Waals surface area contributed by atoms with Crippen molar-refractivity contribution in [2.45, 2.75) is 19.3 Å². The minimum atomic E-state index is -0.302. The summed E-state index contributed by atoms with van der Waals surface area (Å²) in [6, 6.07) is 15.9. The van der Waals surface area contributed by atoms with Gasteiger partial charge in [-0.3, -0.25) is 9.69 Å². The summed E-state index contributed by atoms with van der Waals surface area (Å²) in [6.45, 7) is 5.12. The van der Waals surface area contributed by atoms with Crippen LogP contribution >= 0.6 is 0 Å². The fourth-order valence-electron chi connectivity index (χ4n) is 4.00. The van der Waals surface area contributed by atoms with E-state index in [1.807, 2.05) is 30.3 Å². The molecule has 1 fully saturated rings. The predicted molar refractivity (Wildman–Crippen MR) is 129 cm³/mol. The van der Waals surface area contributed by atoms with Gasteiger partial charge in [-0.05, 0) is 55.4 Å². The summed E-state index contributed by atoms with van der Waals surface area (Å²) in [5.74, 6) is 0.452. The second kappa shape index (κ2) is 11.8. The molecule has 1 aromatic heterocycles. The van der Waals surface area contributed by atoms with E-state index in [2.05, 4.69) is 10.2 Å². The second-order valence-electron chi connectivity index (χ2n) is 8.30. The first-order valence-electron chi connectivity index (χ1n) is 11.7. The third kappa shape index (κ3) is 6.42. The highest BCUT2D eigenvalue weighted by molar-refractivity contribution is 5.76. The number of hydrogen-bond acceptors (Lipinski definition) is 5. The van der Waals surface area contributed by atoms with Gasteiger partial charge in [-0.25, -0.2) is 9.07 Å². The molecule has 0 bridgehead atoms. The van der Waals surface area contributed by atoms with Crippen LogP contribution < -0.4 is 10.1 Å². The number of methoxy groups -OCH3 is 1. The Bertz CT molecular complexity index is 1080. The van der Waals surface area contributed by atoms with Crippen LogP contribution in [0.2, 0.25) is 0 Å². The standard InChI is InChI=1S/C26H31FN4O3/c1-33-24-5-2-4-20(18-24)25-19-22(29-31(25)23-9-6-21(27)7-10-23)8-11-26(32)28-12-3-13-30-14-16-34-17-15-30/h2,4-7,9-10,18-19H,3,8,11-17H2,1H3,(H,28,32). The van der Waals surface area contributed by atoms with Crippen molar-refractivity contribution in [1.82, 2.24) is 20.0 Å². The van der Waals surface area contributed by atoms with Crippen LogP contribution in [0.1, 0.15) is 18.5 Å². The minimum Gasteiger partial charge on any atom is -0.497 e. The molecule has 0 saturated carbocycles. The Labute approximate surface area is 199 Å². The lowest BCUT2D eigenvalue weighted by Crippen LogP contribution is -2.38. The summed E-state index contributed by atoms with van der Waals surface area (Å²) in [5.41, 5.74) is 3.32. The van der Waals surface area contributed by atoms with Gasteiger partial charge in [0.1, 0.15) is 11.6 Å². The topological polar surface area (TPSA) is 68.6 Å². The molecule has 0 unspecified atom stereocenters. The molecule has 1 saturated heterocycles. The largest absolute Gasteiger partial charge is 0.497 e. The van der Waals surface area contributed by atoms with Crippen molar-refractivity contribution in [1.29, 1.82) is 0 Å². The number of halogens is 1. The number of morpholine rings is 1. The zero-order valence-electron chi connectivity index (χ0n) is 19.5. The van der Waals surface area contributed by atoms with Gasteiger partial charge >= 0.3 is 0 Å². The number of amides is 1. The van der Waals surface area contributed by atoms with Crippen LogP contribution in [0.15, 0.2) is 54.6 Å². The molecular formula is C26H31FN4O3. The second-order valence-corrected chi connectivity index (χ2v) is 8.30. The van der Waals surface area contributed by atoms with Gasteiger partial charge in [-0.2, -0.15) is 5.10 Å². The van der Waals surface area contributed by atoms with E-state index in [0.29, 0.717) is 19.4 Å². The van der Waals surface area contributed by atoms with Gasteiger partial charge in [0.15, 0.2) is 0 Å². The van der Waals surface area contributed by atoms with Gasteiger partial charge < -0.3 is 14.8 Å². The van der Waals surface area contributed by atoms with Gasteiger partial charge in [0, 0.05) is 38.0 Å². The fourth-order valence-corrected chi connectivity index (χ4v) is 4.00. The number of nitrogens with one attached hydrogen (secondary N) is 1. The first kappa shape index (κ1) is 23.9. The van der Waals surface area contributed by atoms with E-state index in [0.717, 1.165) is 67.7 Å². The highest BCUT2D eigenvalue weighted by Gasteiger charge is 2.14. The number of benzene rings is 2. The summed E-state index contributed by atoms with van der Waals surface area (Å²) < 4.78 is 26.0. The van der Waals surface area contributed by atoms with Crippen LogP contribution in [-0.4, -0.2) is 67.1 Å². The lowest BCUT2D eigenvalue weighted by Gasteiger charge is -2.26. The van der Waals surface area contributed by atoms with Crippen LogP contribution in [0.5, 0.6) is 5.75 Å². The molecule has 180 valence electrons. The molecule has 3 aromatic rings. The number of aryl methyl sites for hydroxylation is 1. The Kier molecular flexibility index (Phi) is 8.27. The maximum atomic E-state index is 13.5. The minimum absolute atomic E-state index is 0.0150. The van der Waals surface area contributed by atoms with Gasteiger partial charge in [0.25, 0.3) is 0 Å². The van der Waals surface area contributed by atoms with Crippen LogP contribution in [-0.2, 0) is 16.0 Å². The van der Waals surface area contributed by atoms with Gasteiger partial charge in [0.2, 0.25) is 5.91 Å². The van der Waals surface area contributed by atoms with Crippen molar-refractivity contribution in [3.8, 4) is 22.7 Å². The first-order valence-corrected chi connectivity index (χ1v) is 11.7. The van der Waals surface area contributed by atoms with Crippen LogP contribution in [0.25, 0.3) is 16.9 Å². The number of carbonyl (C=O) groups excluding carboxylic acids is 1. The highest BCUT2D eigenvalue weighted by atomic mass is 19.1. The SMILES string of the molecule is COc1cccc(-c2cc(CCC(=O)NCCCN3CCOCC3)nn2-c2ccc(F)cc2)c1. The van der Waals surface area contributed by atoms with E-state index < -0.39 is 0 Å². The number of aromatic nitrogens is 2. The van der Waals surface area contributed by atoms with Crippen molar-refractivity contribution in [3.63, 3.8) is 0 Å². The lowest BCUT2D eigenvalue weighted by atomic mass is 10.1. The molecule has 0 atom stereocenters. The fraction of sp³-hybridized carbons (Fsp3) is 0.385. The summed E-state index contributed by atoms with van der Waals surface area (Å²) in [5, 5.41) is 7.74. The van der Waals surface area contributed by atoms with Gasteiger partial charge in [-0.15, -0.1) is 0 Å². The van der Waals surface area contributed by atoms with E-state index >= 15 is 0 Å². The smallest absolute Gasteiger partial charge is 0.220 e. The summed E-state index contributed by atoms with van der Waals surface area (Å²) in [7, 11) is 1.63. The monoisotopic (exact) mass is 466 g/mol.